The number of piperidine rings is 1. The van der Waals surface area contributed by atoms with Crippen molar-refractivity contribution in [1.82, 2.24) is 15.1 Å². The summed E-state index contributed by atoms with van der Waals surface area (Å²) < 4.78 is 6.04. The molecule has 2 heterocycles. The molecule has 1 atom stereocenters. The zero-order valence-corrected chi connectivity index (χ0v) is 14.3. The Labute approximate surface area is 129 Å². The van der Waals surface area contributed by atoms with Gasteiger partial charge in [-0.05, 0) is 52.0 Å². The van der Waals surface area contributed by atoms with Crippen LogP contribution in [0.25, 0.3) is 0 Å². The average Bonchev–Trinajstić information content (AvgIpc) is 2.76. The first-order valence-electron chi connectivity index (χ1n) is 8.16. The van der Waals surface area contributed by atoms with Gasteiger partial charge in [0.2, 0.25) is 0 Å². The van der Waals surface area contributed by atoms with Crippen LogP contribution in [0.3, 0.4) is 0 Å². The van der Waals surface area contributed by atoms with Crippen molar-refractivity contribution >= 4 is 0 Å². The highest BCUT2D eigenvalue weighted by molar-refractivity contribution is 5.20. The van der Waals surface area contributed by atoms with Gasteiger partial charge >= 0.3 is 0 Å². The van der Waals surface area contributed by atoms with Gasteiger partial charge in [0.15, 0.2) is 0 Å². The number of hydrogen-bond donors (Lipinski definition) is 1. The van der Waals surface area contributed by atoms with Crippen molar-refractivity contribution in [2.45, 2.75) is 58.8 Å². The predicted octanol–water partition coefficient (Wildman–Crippen LogP) is 2.61. The predicted molar refractivity (Wildman–Crippen MR) is 87.4 cm³/mol. The van der Waals surface area contributed by atoms with Crippen molar-refractivity contribution in [3.63, 3.8) is 0 Å². The number of aryl methyl sites for hydroxylation is 1. The van der Waals surface area contributed by atoms with Crippen molar-refractivity contribution in [3.8, 4) is 0 Å². The van der Waals surface area contributed by atoms with Gasteiger partial charge < -0.3 is 14.6 Å². The summed E-state index contributed by atoms with van der Waals surface area (Å²) >= 11 is 0. The molecule has 1 fully saturated rings. The van der Waals surface area contributed by atoms with Crippen LogP contribution < -0.4 is 5.32 Å². The summed E-state index contributed by atoms with van der Waals surface area (Å²) in [6.45, 7) is 10.6. The third kappa shape index (κ3) is 4.83. The van der Waals surface area contributed by atoms with E-state index in [1.54, 1.807) is 0 Å². The maximum Gasteiger partial charge on any atom is 0.120 e. The Kier molecular flexibility index (Phi) is 5.85. The molecule has 1 unspecified atom stereocenters. The van der Waals surface area contributed by atoms with E-state index < -0.39 is 0 Å². The van der Waals surface area contributed by atoms with Gasteiger partial charge in [-0.25, -0.2) is 0 Å². The first-order valence-corrected chi connectivity index (χ1v) is 8.16. The standard InChI is InChI=1S/C17H31N3O/c1-13(2)18-10-17-14(3)9-16(21-17)12-20(5)15-7-6-8-19(4)11-15/h9,13,15,18H,6-8,10-12H2,1-5H3. The highest BCUT2D eigenvalue weighted by Gasteiger charge is 2.22. The van der Waals surface area contributed by atoms with Gasteiger partial charge in [-0.15, -0.1) is 0 Å². The Bertz CT molecular complexity index is 441. The van der Waals surface area contributed by atoms with Crippen LogP contribution in [0.5, 0.6) is 0 Å². The lowest BCUT2D eigenvalue weighted by atomic mass is 10.1. The minimum Gasteiger partial charge on any atom is -0.463 e. The first kappa shape index (κ1) is 16.5. The third-order valence-corrected chi connectivity index (χ3v) is 4.37. The molecule has 1 saturated heterocycles. The van der Waals surface area contributed by atoms with Gasteiger partial charge in [0, 0.05) is 18.6 Å². The van der Waals surface area contributed by atoms with E-state index in [1.165, 1.54) is 24.9 Å². The molecule has 1 aliphatic heterocycles. The Hall–Kier alpha value is -0.840. The fraction of sp³-hybridized carbons (Fsp3) is 0.765. The van der Waals surface area contributed by atoms with E-state index >= 15 is 0 Å². The number of likely N-dealkylation sites (N-methyl/N-ethyl adjacent to an activating group) is 2. The molecule has 120 valence electrons. The van der Waals surface area contributed by atoms with Crippen LogP contribution in [-0.4, -0.2) is 49.1 Å². The van der Waals surface area contributed by atoms with E-state index in [0.717, 1.165) is 31.2 Å². The lowest BCUT2D eigenvalue weighted by Gasteiger charge is -2.35. The Morgan fingerprint density at radius 1 is 1.48 bits per heavy atom. The molecule has 21 heavy (non-hydrogen) atoms. The second-order valence-corrected chi connectivity index (χ2v) is 6.83. The minimum atomic E-state index is 0.485. The molecule has 1 aliphatic rings. The van der Waals surface area contributed by atoms with Crippen molar-refractivity contribution in [1.29, 1.82) is 0 Å². The highest BCUT2D eigenvalue weighted by Crippen LogP contribution is 2.19. The molecular formula is C17H31N3O. The van der Waals surface area contributed by atoms with Crippen LogP contribution in [0.2, 0.25) is 0 Å². The Morgan fingerprint density at radius 3 is 2.90 bits per heavy atom. The highest BCUT2D eigenvalue weighted by atomic mass is 16.3. The largest absolute Gasteiger partial charge is 0.463 e. The van der Waals surface area contributed by atoms with Crippen LogP contribution in [0.1, 0.15) is 43.8 Å². The summed E-state index contributed by atoms with van der Waals surface area (Å²) in [5.74, 6) is 2.16. The van der Waals surface area contributed by atoms with Gasteiger partial charge in [-0.1, -0.05) is 13.8 Å². The van der Waals surface area contributed by atoms with E-state index in [1.807, 2.05) is 0 Å². The molecule has 0 amide bonds. The smallest absolute Gasteiger partial charge is 0.120 e. The van der Waals surface area contributed by atoms with Crippen molar-refractivity contribution in [3.05, 3.63) is 23.2 Å². The number of nitrogens with zero attached hydrogens (tertiary/aromatic N) is 2. The van der Waals surface area contributed by atoms with Crippen molar-refractivity contribution in [2.24, 2.45) is 0 Å². The van der Waals surface area contributed by atoms with Crippen LogP contribution in [0.4, 0.5) is 0 Å². The molecule has 0 aromatic carbocycles. The number of rotatable bonds is 6. The Balaban J connectivity index is 1.91. The fourth-order valence-corrected chi connectivity index (χ4v) is 3.01. The van der Waals surface area contributed by atoms with E-state index in [-0.39, 0.29) is 0 Å². The quantitative estimate of drug-likeness (QED) is 0.874. The van der Waals surface area contributed by atoms with Crippen LogP contribution >= 0.6 is 0 Å². The van der Waals surface area contributed by atoms with Crippen LogP contribution in [0, 0.1) is 6.92 Å². The van der Waals surface area contributed by atoms with E-state index in [9.17, 15) is 0 Å². The topological polar surface area (TPSA) is 31.6 Å². The summed E-state index contributed by atoms with van der Waals surface area (Å²) in [7, 11) is 4.43. The van der Waals surface area contributed by atoms with Gasteiger partial charge in [-0.3, -0.25) is 4.90 Å². The summed E-state index contributed by atoms with van der Waals surface area (Å²) in [5.41, 5.74) is 1.26. The Morgan fingerprint density at radius 2 is 2.24 bits per heavy atom. The maximum absolute atomic E-state index is 6.04. The minimum absolute atomic E-state index is 0.485. The van der Waals surface area contributed by atoms with Gasteiger partial charge in [-0.2, -0.15) is 0 Å². The zero-order valence-electron chi connectivity index (χ0n) is 14.3. The molecule has 0 saturated carbocycles. The monoisotopic (exact) mass is 293 g/mol. The molecule has 0 bridgehead atoms. The molecule has 0 spiro atoms. The SMILES string of the molecule is Cc1cc(CN(C)C2CCCN(C)C2)oc1CNC(C)C. The molecule has 0 radical (unpaired) electrons. The number of hydrogen-bond acceptors (Lipinski definition) is 4. The van der Waals surface area contributed by atoms with Gasteiger partial charge in [0.25, 0.3) is 0 Å². The van der Waals surface area contributed by atoms with Crippen LogP contribution in [0.15, 0.2) is 10.5 Å². The maximum atomic E-state index is 6.04. The van der Waals surface area contributed by atoms with E-state index in [4.69, 9.17) is 4.42 Å². The molecule has 1 N–H and O–H groups in total. The summed E-state index contributed by atoms with van der Waals surface area (Å²) in [5, 5.41) is 3.42. The van der Waals surface area contributed by atoms with E-state index in [0.29, 0.717) is 12.1 Å². The van der Waals surface area contributed by atoms with Crippen molar-refractivity contribution in [2.75, 3.05) is 27.2 Å². The molecule has 2 rings (SSSR count). The van der Waals surface area contributed by atoms with E-state index in [2.05, 4.69) is 56.0 Å². The number of furan rings is 1. The van der Waals surface area contributed by atoms with Crippen molar-refractivity contribution < 1.29 is 4.42 Å². The molecule has 0 aliphatic carbocycles. The first-order chi connectivity index (χ1) is 9.95. The number of likely N-dealkylation sites (tertiary alicyclic amines) is 1. The molecule has 1 aromatic heterocycles. The zero-order chi connectivity index (χ0) is 15.4. The average molecular weight is 293 g/mol. The second-order valence-electron chi connectivity index (χ2n) is 6.83. The third-order valence-electron chi connectivity index (χ3n) is 4.37. The van der Waals surface area contributed by atoms with Gasteiger partial charge in [0.1, 0.15) is 11.5 Å². The lowest BCUT2D eigenvalue weighted by molar-refractivity contribution is 0.123. The molecule has 1 aromatic rings. The summed E-state index contributed by atoms with van der Waals surface area (Å²) in [6, 6.07) is 3.32. The molecule has 4 heteroatoms. The fourth-order valence-electron chi connectivity index (χ4n) is 3.01. The van der Waals surface area contributed by atoms with Gasteiger partial charge in [0.05, 0.1) is 13.1 Å². The molecule has 4 nitrogen and oxygen atoms in total. The summed E-state index contributed by atoms with van der Waals surface area (Å²) in [6.07, 6.45) is 2.59. The molecular weight excluding hydrogens is 262 g/mol. The normalized spacial score (nSPS) is 20.6. The second kappa shape index (κ2) is 7.43. The van der Waals surface area contributed by atoms with Crippen LogP contribution in [-0.2, 0) is 13.1 Å². The number of nitrogens with one attached hydrogen (secondary N) is 1. The summed E-state index contributed by atoms with van der Waals surface area (Å²) in [4.78, 5) is 4.86. The lowest BCUT2D eigenvalue weighted by Crippen LogP contribution is -2.44.